The largest absolute Gasteiger partial charge is 0.493 e. The fourth-order valence-electron chi connectivity index (χ4n) is 2.42. The first-order valence-electron chi connectivity index (χ1n) is 8.67. The summed E-state index contributed by atoms with van der Waals surface area (Å²) < 4.78 is 10.5. The molecule has 0 unspecified atom stereocenters. The van der Waals surface area contributed by atoms with E-state index in [0.717, 1.165) is 5.56 Å². The minimum absolute atomic E-state index is 0.0974. The Kier molecular flexibility index (Phi) is 7.60. The van der Waals surface area contributed by atoms with Gasteiger partial charge in [0.05, 0.1) is 14.2 Å². The summed E-state index contributed by atoms with van der Waals surface area (Å²) in [6.45, 7) is 4.40. The van der Waals surface area contributed by atoms with Crippen molar-refractivity contribution in [3.05, 3.63) is 34.8 Å². The molecule has 0 aliphatic carbocycles. The predicted octanol–water partition coefficient (Wildman–Crippen LogP) is 3.12. The molecule has 0 saturated heterocycles. The Morgan fingerprint density at radius 3 is 2.59 bits per heavy atom. The molecule has 0 fully saturated rings. The molecule has 7 nitrogen and oxygen atoms in total. The second kappa shape index (κ2) is 9.91. The molecule has 0 bridgehead atoms. The minimum atomic E-state index is -0.268. The molecule has 2 N–H and O–H groups in total. The molecule has 0 radical (unpaired) electrons. The second-order valence-electron chi connectivity index (χ2n) is 6.38. The number of nitrogens with one attached hydrogen (secondary N) is 2. The molecule has 1 heterocycles. The van der Waals surface area contributed by atoms with E-state index in [0.29, 0.717) is 41.7 Å². The summed E-state index contributed by atoms with van der Waals surface area (Å²) >= 11 is 1.24. The van der Waals surface area contributed by atoms with Crippen LogP contribution in [0.2, 0.25) is 0 Å². The van der Waals surface area contributed by atoms with Gasteiger partial charge in [0.25, 0.3) is 5.91 Å². The van der Waals surface area contributed by atoms with Crippen molar-refractivity contribution in [2.45, 2.75) is 26.7 Å². The highest BCUT2D eigenvalue weighted by Crippen LogP contribution is 2.27. The summed E-state index contributed by atoms with van der Waals surface area (Å²) in [6, 6.07) is 5.65. The van der Waals surface area contributed by atoms with E-state index in [1.165, 1.54) is 11.3 Å². The van der Waals surface area contributed by atoms with Crippen LogP contribution in [-0.4, -0.2) is 37.6 Å². The topological polar surface area (TPSA) is 89.6 Å². The molecule has 1 aromatic carbocycles. The van der Waals surface area contributed by atoms with Crippen LogP contribution < -0.4 is 20.1 Å². The molecule has 27 heavy (non-hydrogen) atoms. The van der Waals surface area contributed by atoms with Gasteiger partial charge in [-0.2, -0.15) is 0 Å². The number of anilines is 1. The minimum Gasteiger partial charge on any atom is -0.493 e. The molecule has 0 spiro atoms. The third-order valence-electron chi connectivity index (χ3n) is 3.72. The summed E-state index contributed by atoms with van der Waals surface area (Å²) in [7, 11) is 3.17. The molecular formula is C19H25N3O4S. The number of carbonyl (C=O) groups is 2. The maximum atomic E-state index is 12.2. The third kappa shape index (κ3) is 6.25. The lowest BCUT2D eigenvalue weighted by molar-refractivity contribution is -0.116. The van der Waals surface area contributed by atoms with Crippen LogP contribution in [-0.2, 0) is 11.2 Å². The quantitative estimate of drug-likeness (QED) is 0.685. The number of methoxy groups -OCH3 is 2. The van der Waals surface area contributed by atoms with Crippen molar-refractivity contribution in [2.24, 2.45) is 5.92 Å². The van der Waals surface area contributed by atoms with Crippen LogP contribution >= 0.6 is 11.3 Å². The fourth-order valence-corrected chi connectivity index (χ4v) is 3.13. The maximum absolute atomic E-state index is 12.2. The normalized spacial score (nSPS) is 10.6. The SMILES string of the molecule is COc1ccc(CCNC(=O)c2csc(NC(=O)CC(C)C)n2)cc1OC. The molecule has 2 aromatic rings. The van der Waals surface area contributed by atoms with Crippen LogP contribution in [0.4, 0.5) is 5.13 Å². The number of rotatable bonds is 9. The van der Waals surface area contributed by atoms with Gasteiger partial charge in [-0.1, -0.05) is 19.9 Å². The van der Waals surface area contributed by atoms with E-state index in [-0.39, 0.29) is 17.7 Å². The summed E-state index contributed by atoms with van der Waals surface area (Å²) in [5.41, 5.74) is 1.32. The molecule has 0 atom stereocenters. The number of nitrogens with zero attached hydrogens (tertiary/aromatic N) is 1. The van der Waals surface area contributed by atoms with Crippen LogP contribution in [0.5, 0.6) is 11.5 Å². The Bertz CT molecular complexity index is 789. The average Bonchev–Trinajstić information content (AvgIpc) is 3.09. The van der Waals surface area contributed by atoms with Crippen LogP contribution in [0.1, 0.15) is 36.3 Å². The van der Waals surface area contributed by atoms with E-state index >= 15 is 0 Å². The van der Waals surface area contributed by atoms with Gasteiger partial charge < -0.3 is 20.1 Å². The van der Waals surface area contributed by atoms with Gasteiger partial charge in [-0.25, -0.2) is 4.98 Å². The predicted molar refractivity (Wildman–Crippen MR) is 106 cm³/mol. The lowest BCUT2D eigenvalue weighted by Crippen LogP contribution is -2.26. The van der Waals surface area contributed by atoms with Crippen LogP contribution in [0.25, 0.3) is 0 Å². The Morgan fingerprint density at radius 1 is 1.19 bits per heavy atom. The van der Waals surface area contributed by atoms with Crippen molar-refractivity contribution >= 4 is 28.3 Å². The van der Waals surface area contributed by atoms with Gasteiger partial charge in [0, 0.05) is 18.3 Å². The van der Waals surface area contributed by atoms with Crippen molar-refractivity contribution in [2.75, 3.05) is 26.1 Å². The smallest absolute Gasteiger partial charge is 0.270 e. The van der Waals surface area contributed by atoms with E-state index in [1.54, 1.807) is 19.6 Å². The van der Waals surface area contributed by atoms with E-state index in [4.69, 9.17) is 9.47 Å². The fraction of sp³-hybridized carbons (Fsp3) is 0.421. The molecule has 2 amide bonds. The monoisotopic (exact) mass is 391 g/mol. The van der Waals surface area contributed by atoms with Crippen molar-refractivity contribution < 1.29 is 19.1 Å². The maximum Gasteiger partial charge on any atom is 0.270 e. The van der Waals surface area contributed by atoms with Gasteiger partial charge in [0.2, 0.25) is 5.91 Å². The van der Waals surface area contributed by atoms with Gasteiger partial charge in [0.15, 0.2) is 16.6 Å². The zero-order valence-corrected chi connectivity index (χ0v) is 16.8. The van der Waals surface area contributed by atoms with Crippen LogP contribution in [0.3, 0.4) is 0 Å². The summed E-state index contributed by atoms with van der Waals surface area (Å²) in [5, 5.41) is 7.62. The van der Waals surface area contributed by atoms with Crippen molar-refractivity contribution in [1.29, 1.82) is 0 Å². The summed E-state index contributed by atoms with van der Waals surface area (Å²) in [4.78, 5) is 28.1. The molecule has 0 aliphatic heterocycles. The van der Waals surface area contributed by atoms with E-state index in [1.807, 2.05) is 32.0 Å². The number of benzene rings is 1. The molecule has 1 aromatic heterocycles. The first kappa shape index (κ1) is 20.7. The molecule has 146 valence electrons. The number of hydrogen-bond acceptors (Lipinski definition) is 6. The zero-order chi connectivity index (χ0) is 19.8. The molecule has 2 rings (SSSR count). The number of ether oxygens (including phenoxy) is 2. The lowest BCUT2D eigenvalue weighted by Gasteiger charge is -2.09. The Labute approximate surface area is 163 Å². The van der Waals surface area contributed by atoms with Gasteiger partial charge in [-0.15, -0.1) is 11.3 Å². The standard InChI is InChI=1S/C19H25N3O4S/c1-12(2)9-17(23)22-19-21-14(11-27-19)18(24)20-8-7-13-5-6-15(25-3)16(10-13)26-4/h5-6,10-12H,7-9H2,1-4H3,(H,20,24)(H,21,22,23). The van der Waals surface area contributed by atoms with Crippen molar-refractivity contribution in [3.8, 4) is 11.5 Å². The zero-order valence-electron chi connectivity index (χ0n) is 16.0. The number of carbonyl (C=O) groups excluding carboxylic acids is 2. The lowest BCUT2D eigenvalue weighted by atomic mass is 10.1. The molecule has 8 heteroatoms. The van der Waals surface area contributed by atoms with Gasteiger partial charge in [-0.3, -0.25) is 9.59 Å². The Morgan fingerprint density at radius 2 is 1.93 bits per heavy atom. The Balaban J connectivity index is 1.85. The molecular weight excluding hydrogens is 366 g/mol. The first-order valence-corrected chi connectivity index (χ1v) is 9.55. The second-order valence-corrected chi connectivity index (χ2v) is 7.24. The first-order chi connectivity index (χ1) is 12.9. The Hall–Kier alpha value is -2.61. The highest BCUT2D eigenvalue weighted by molar-refractivity contribution is 7.14. The summed E-state index contributed by atoms with van der Waals surface area (Å²) in [6.07, 6.45) is 1.07. The highest BCUT2D eigenvalue weighted by Gasteiger charge is 2.13. The molecule has 0 aliphatic rings. The van der Waals surface area contributed by atoms with Crippen LogP contribution in [0, 0.1) is 5.92 Å². The highest BCUT2D eigenvalue weighted by atomic mass is 32.1. The molecule has 0 saturated carbocycles. The van der Waals surface area contributed by atoms with E-state index in [2.05, 4.69) is 15.6 Å². The number of aromatic nitrogens is 1. The number of hydrogen-bond donors (Lipinski definition) is 2. The van der Waals surface area contributed by atoms with Gasteiger partial charge >= 0.3 is 0 Å². The average molecular weight is 391 g/mol. The van der Waals surface area contributed by atoms with Crippen LogP contribution in [0.15, 0.2) is 23.6 Å². The van der Waals surface area contributed by atoms with E-state index in [9.17, 15) is 9.59 Å². The number of amides is 2. The van der Waals surface area contributed by atoms with Crippen molar-refractivity contribution in [3.63, 3.8) is 0 Å². The summed E-state index contributed by atoms with van der Waals surface area (Å²) in [5.74, 6) is 1.22. The van der Waals surface area contributed by atoms with E-state index < -0.39 is 0 Å². The van der Waals surface area contributed by atoms with Gasteiger partial charge in [-0.05, 0) is 30.0 Å². The van der Waals surface area contributed by atoms with Gasteiger partial charge in [0.1, 0.15) is 5.69 Å². The number of thiazole rings is 1. The van der Waals surface area contributed by atoms with Crippen molar-refractivity contribution in [1.82, 2.24) is 10.3 Å². The third-order valence-corrected chi connectivity index (χ3v) is 4.48.